The Morgan fingerprint density at radius 3 is 2.72 bits per heavy atom. The third kappa shape index (κ3) is 4.29. The minimum Gasteiger partial charge on any atom is -0.369 e. The number of hydrogen-bond donors (Lipinski definition) is 1. The highest BCUT2D eigenvalue weighted by molar-refractivity contribution is 5.91. The molecular weight excluding hydrogens is 365 g/mol. The molecule has 3 aromatic carbocycles. The number of carbonyl (C=O) groups excluding carboxylic acids is 1. The van der Waals surface area contributed by atoms with Crippen LogP contribution < -0.4 is 10.3 Å². The van der Waals surface area contributed by atoms with Crippen LogP contribution in [0.25, 0.3) is 10.8 Å². The fourth-order valence-electron chi connectivity index (χ4n) is 3.85. The zero-order valence-corrected chi connectivity index (χ0v) is 16.5. The van der Waals surface area contributed by atoms with Crippen molar-refractivity contribution >= 4 is 28.6 Å². The highest BCUT2D eigenvalue weighted by Gasteiger charge is 2.17. The summed E-state index contributed by atoms with van der Waals surface area (Å²) in [6.07, 6.45) is 3.95. The number of benzene rings is 3. The second-order valence-electron chi connectivity index (χ2n) is 7.46. The number of halogens is 1. The van der Waals surface area contributed by atoms with Crippen molar-refractivity contribution in [3.05, 3.63) is 77.1 Å². The highest BCUT2D eigenvalue weighted by atomic mass is 19.1. The lowest BCUT2D eigenvalue weighted by atomic mass is 10.0. The van der Waals surface area contributed by atoms with Crippen LogP contribution in [0.15, 0.2) is 59.7 Å². The van der Waals surface area contributed by atoms with E-state index in [2.05, 4.69) is 15.4 Å². The van der Waals surface area contributed by atoms with Gasteiger partial charge < -0.3 is 4.90 Å². The number of nitrogens with one attached hydrogen (secondary N) is 1. The number of carbonyl (C=O) groups is 1. The predicted molar refractivity (Wildman–Crippen MR) is 116 cm³/mol. The molecule has 3 aromatic rings. The number of hydrazone groups is 1. The van der Waals surface area contributed by atoms with E-state index in [0.29, 0.717) is 11.3 Å². The zero-order valence-electron chi connectivity index (χ0n) is 16.5. The van der Waals surface area contributed by atoms with E-state index in [9.17, 15) is 9.18 Å². The minimum absolute atomic E-state index is 0.204. The molecule has 0 unspecified atom stereocenters. The van der Waals surface area contributed by atoms with Gasteiger partial charge in [-0.3, -0.25) is 4.79 Å². The summed E-state index contributed by atoms with van der Waals surface area (Å²) in [5.74, 6) is -0.453. The van der Waals surface area contributed by atoms with Crippen molar-refractivity contribution in [3.63, 3.8) is 0 Å². The molecule has 0 aromatic heterocycles. The lowest BCUT2D eigenvalue weighted by molar-refractivity contribution is -0.120. The molecule has 29 heavy (non-hydrogen) atoms. The van der Waals surface area contributed by atoms with Crippen molar-refractivity contribution in [1.82, 2.24) is 5.43 Å². The summed E-state index contributed by atoms with van der Waals surface area (Å²) in [7, 11) is 0. The number of hydrogen-bond acceptors (Lipinski definition) is 3. The van der Waals surface area contributed by atoms with Gasteiger partial charge in [0.05, 0.1) is 18.3 Å². The predicted octanol–water partition coefficient (Wildman–Crippen LogP) is 4.58. The van der Waals surface area contributed by atoms with Crippen molar-refractivity contribution in [2.75, 3.05) is 18.0 Å². The first-order valence-corrected chi connectivity index (χ1v) is 9.95. The van der Waals surface area contributed by atoms with Gasteiger partial charge in [-0.15, -0.1) is 0 Å². The molecule has 0 bridgehead atoms. The summed E-state index contributed by atoms with van der Waals surface area (Å²) >= 11 is 0. The number of nitrogens with zero attached hydrogens (tertiary/aromatic N) is 2. The molecule has 0 atom stereocenters. The Kier molecular flexibility index (Phi) is 5.56. The van der Waals surface area contributed by atoms with Crippen molar-refractivity contribution in [3.8, 4) is 0 Å². The molecule has 1 heterocycles. The standard InChI is InChI=1S/C24H24FN3O/c1-17-13-23(28-11-4-5-12-28)22(25)14-20(17)16-26-27-24(29)15-19-9-6-8-18-7-2-3-10-21(18)19/h2-3,6-10,13-14,16H,4-5,11-12,15H2,1H3,(H,27,29). The Hall–Kier alpha value is -3.21. The van der Waals surface area contributed by atoms with Gasteiger partial charge in [-0.1, -0.05) is 42.5 Å². The van der Waals surface area contributed by atoms with Gasteiger partial charge in [0.1, 0.15) is 5.82 Å². The van der Waals surface area contributed by atoms with Gasteiger partial charge in [-0.25, -0.2) is 9.82 Å². The van der Waals surface area contributed by atoms with E-state index in [4.69, 9.17) is 0 Å². The number of rotatable bonds is 5. The first-order chi connectivity index (χ1) is 14.1. The van der Waals surface area contributed by atoms with Crippen LogP contribution >= 0.6 is 0 Å². The third-order valence-electron chi connectivity index (χ3n) is 5.41. The number of aryl methyl sites for hydroxylation is 1. The topological polar surface area (TPSA) is 44.7 Å². The van der Waals surface area contributed by atoms with E-state index in [-0.39, 0.29) is 18.1 Å². The number of anilines is 1. The van der Waals surface area contributed by atoms with E-state index in [1.54, 1.807) is 0 Å². The van der Waals surface area contributed by atoms with Gasteiger partial charge in [0.25, 0.3) is 0 Å². The summed E-state index contributed by atoms with van der Waals surface area (Å²) in [5.41, 5.74) is 5.75. The van der Waals surface area contributed by atoms with Gasteiger partial charge in [0, 0.05) is 18.7 Å². The van der Waals surface area contributed by atoms with Crippen molar-refractivity contribution in [1.29, 1.82) is 0 Å². The lowest BCUT2D eigenvalue weighted by Crippen LogP contribution is -2.20. The molecule has 1 aliphatic rings. The summed E-state index contributed by atoms with van der Waals surface area (Å²) in [4.78, 5) is 14.4. The van der Waals surface area contributed by atoms with Gasteiger partial charge in [0.2, 0.25) is 5.91 Å². The normalized spacial score (nSPS) is 14.1. The van der Waals surface area contributed by atoms with Crippen molar-refractivity contribution in [2.24, 2.45) is 5.10 Å². The molecule has 1 fully saturated rings. The Labute approximate surface area is 170 Å². The molecule has 1 N–H and O–H groups in total. The average Bonchev–Trinajstić information content (AvgIpc) is 3.25. The third-order valence-corrected chi connectivity index (χ3v) is 5.41. The average molecular weight is 389 g/mol. The van der Waals surface area contributed by atoms with Crippen LogP contribution in [-0.2, 0) is 11.2 Å². The molecule has 1 aliphatic heterocycles. The van der Waals surface area contributed by atoms with Gasteiger partial charge in [0.15, 0.2) is 0 Å². The van der Waals surface area contributed by atoms with Crippen LogP contribution in [0.5, 0.6) is 0 Å². The monoisotopic (exact) mass is 389 g/mol. The van der Waals surface area contributed by atoms with E-state index in [1.807, 2.05) is 55.5 Å². The van der Waals surface area contributed by atoms with Crippen LogP contribution in [0.4, 0.5) is 10.1 Å². The van der Waals surface area contributed by atoms with Crippen LogP contribution in [0.3, 0.4) is 0 Å². The van der Waals surface area contributed by atoms with E-state index < -0.39 is 0 Å². The van der Waals surface area contributed by atoms with Crippen LogP contribution in [-0.4, -0.2) is 25.2 Å². The van der Waals surface area contributed by atoms with E-state index >= 15 is 0 Å². The first-order valence-electron chi connectivity index (χ1n) is 9.95. The number of fused-ring (bicyclic) bond motifs is 1. The summed E-state index contributed by atoms with van der Waals surface area (Å²) in [6, 6.07) is 17.2. The molecular formula is C24H24FN3O. The van der Waals surface area contributed by atoms with Crippen molar-refractivity contribution in [2.45, 2.75) is 26.2 Å². The molecule has 0 radical (unpaired) electrons. The molecule has 1 saturated heterocycles. The molecule has 4 rings (SSSR count). The Balaban J connectivity index is 1.43. The fraction of sp³-hybridized carbons (Fsp3) is 0.250. The molecule has 1 amide bonds. The number of amides is 1. The van der Waals surface area contributed by atoms with Crippen LogP contribution in [0, 0.1) is 12.7 Å². The maximum Gasteiger partial charge on any atom is 0.244 e. The van der Waals surface area contributed by atoms with Crippen LogP contribution in [0.2, 0.25) is 0 Å². The maximum atomic E-state index is 14.5. The SMILES string of the molecule is Cc1cc(N2CCCC2)c(F)cc1C=NNC(=O)Cc1cccc2ccccc12. The smallest absolute Gasteiger partial charge is 0.244 e. The highest BCUT2D eigenvalue weighted by Crippen LogP contribution is 2.26. The first kappa shape index (κ1) is 19.1. The Morgan fingerprint density at radius 2 is 1.90 bits per heavy atom. The zero-order chi connectivity index (χ0) is 20.2. The molecule has 5 heteroatoms. The molecule has 0 spiro atoms. The summed E-state index contributed by atoms with van der Waals surface area (Å²) in [5, 5.41) is 6.20. The van der Waals surface area contributed by atoms with E-state index in [1.165, 1.54) is 12.3 Å². The molecule has 0 saturated carbocycles. The van der Waals surface area contributed by atoms with Crippen LogP contribution in [0.1, 0.15) is 29.5 Å². The van der Waals surface area contributed by atoms with Crippen molar-refractivity contribution < 1.29 is 9.18 Å². The molecule has 148 valence electrons. The largest absolute Gasteiger partial charge is 0.369 e. The fourth-order valence-corrected chi connectivity index (χ4v) is 3.85. The second kappa shape index (κ2) is 8.43. The minimum atomic E-state index is -0.249. The van der Waals surface area contributed by atoms with Gasteiger partial charge in [-0.05, 0) is 53.8 Å². The Morgan fingerprint density at radius 1 is 1.14 bits per heavy atom. The lowest BCUT2D eigenvalue weighted by Gasteiger charge is -2.19. The van der Waals surface area contributed by atoms with E-state index in [0.717, 1.165) is 47.8 Å². The Bertz CT molecular complexity index is 1070. The summed E-state index contributed by atoms with van der Waals surface area (Å²) < 4.78 is 14.5. The quantitative estimate of drug-likeness (QED) is 0.513. The van der Waals surface area contributed by atoms with Gasteiger partial charge >= 0.3 is 0 Å². The second-order valence-corrected chi connectivity index (χ2v) is 7.46. The summed E-state index contributed by atoms with van der Waals surface area (Å²) in [6.45, 7) is 3.72. The molecule has 0 aliphatic carbocycles. The maximum absolute atomic E-state index is 14.5. The van der Waals surface area contributed by atoms with Gasteiger partial charge in [-0.2, -0.15) is 5.10 Å². The molecule has 4 nitrogen and oxygen atoms in total.